The summed E-state index contributed by atoms with van der Waals surface area (Å²) in [6.45, 7) is 0. The van der Waals surface area contributed by atoms with Gasteiger partial charge < -0.3 is 23.2 Å². The molecule has 17 heteroatoms. The summed E-state index contributed by atoms with van der Waals surface area (Å²) in [4.78, 5) is 24.4. The Bertz CT molecular complexity index is 3650. The summed E-state index contributed by atoms with van der Waals surface area (Å²) in [5.74, 6) is -17.9. The quantitative estimate of drug-likeness (QED) is 0.0633. The van der Waals surface area contributed by atoms with E-state index in [1.165, 1.54) is 12.1 Å². The molecule has 2 heterocycles. The molecule has 9 aromatic carbocycles. The minimum Gasteiger partial charge on any atom is -0.506 e. The van der Waals surface area contributed by atoms with E-state index in [2.05, 4.69) is 0 Å². The van der Waals surface area contributed by atoms with Gasteiger partial charge in [-0.3, -0.25) is 4.79 Å². The van der Waals surface area contributed by atoms with E-state index < -0.39 is 66.0 Å². The third-order valence-corrected chi connectivity index (χ3v) is 18.8. The molecule has 0 unspecified atom stereocenters. The molecule has 393 valence electrons. The number of aromatic hydroxyl groups is 1. The maximum atomic E-state index is 14.0. The first-order chi connectivity index (χ1) is 36.9. The Hall–Kier alpha value is -6.99. The van der Waals surface area contributed by atoms with Crippen molar-refractivity contribution in [1.82, 2.24) is 4.57 Å². The molecule has 1 radical (unpaired) electrons. The minimum atomic E-state index is -6.81. The van der Waals surface area contributed by atoms with Crippen LogP contribution in [-0.2, 0) is 9.13 Å². The van der Waals surface area contributed by atoms with Gasteiger partial charge in [-0.05, 0) is 24.3 Å². The van der Waals surface area contributed by atoms with Gasteiger partial charge in [-0.2, -0.15) is 30.7 Å². The van der Waals surface area contributed by atoms with Crippen molar-refractivity contribution in [2.45, 2.75) is 18.0 Å². The summed E-state index contributed by atoms with van der Waals surface area (Å²) < 4.78 is 126. The van der Waals surface area contributed by atoms with Gasteiger partial charge >= 0.3 is 23.6 Å². The summed E-state index contributed by atoms with van der Waals surface area (Å²) in [7, 11) is -5.55. The third kappa shape index (κ3) is 10.8. The number of halogens is 7. The van der Waals surface area contributed by atoms with Gasteiger partial charge in [-0.15, -0.1) is 0 Å². The van der Waals surface area contributed by atoms with Crippen LogP contribution in [0.3, 0.4) is 0 Å². The van der Waals surface area contributed by atoms with E-state index in [9.17, 15) is 54.6 Å². The maximum absolute atomic E-state index is 14.0. The molecule has 2 aromatic heterocycles. The Balaban J connectivity index is 0.000000166. The van der Waals surface area contributed by atoms with Gasteiger partial charge in [0.05, 0.1) is 16.4 Å². The molecule has 0 amide bonds. The van der Waals surface area contributed by atoms with Crippen LogP contribution in [0.1, 0.15) is 10.4 Å². The Morgan fingerprint density at radius 3 is 1.06 bits per heavy atom. The van der Waals surface area contributed by atoms with Crippen molar-refractivity contribution >= 4 is 84.7 Å². The zero-order valence-corrected chi connectivity index (χ0v) is 44.7. The number of alkyl halides is 7. The van der Waals surface area contributed by atoms with Gasteiger partial charge in [-0.25, -0.2) is 4.79 Å². The summed E-state index contributed by atoms with van der Waals surface area (Å²) in [5, 5.41) is 16.8. The minimum absolute atomic E-state index is 0. The van der Waals surface area contributed by atoms with Crippen LogP contribution >= 0.6 is 14.3 Å². The van der Waals surface area contributed by atoms with Gasteiger partial charge in [0, 0.05) is 104 Å². The Morgan fingerprint density at radius 2 is 0.744 bits per heavy atom. The van der Waals surface area contributed by atoms with E-state index in [4.69, 9.17) is 4.42 Å². The van der Waals surface area contributed by atoms with E-state index in [1.807, 2.05) is 206 Å². The normalized spacial score (nSPS) is 11.9. The molecule has 11 rings (SSSR count). The largest absolute Gasteiger partial charge is 0.506 e. The number of aromatic nitrogens is 1. The van der Waals surface area contributed by atoms with Crippen LogP contribution in [0.25, 0.3) is 38.5 Å². The molecule has 0 saturated carbocycles. The number of rotatable bonds is 10. The summed E-state index contributed by atoms with van der Waals surface area (Å²) in [6.07, 6.45) is -6.81. The molecular formula is C61H42EuF7NO6P2. The molecule has 0 aliphatic rings. The predicted molar refractivity (Wildman–Crippen MR) is 290 cm³/mol. The summed E-state index contributed by atoms with van der Waals surface area (Å²) in [5.41, 5.74) is -2.62. The van der Waals surface area contributed by atoms with Crippen molar-refractivity contribution in [3.05, 3.63) is 265 Å². The number of benzene rings is 9. The second-order valence-electron chi connectivity index (χ2n) is 17.4. The first kappa shape index (κ1) is 57.2. The zero-order valence-electron chi connectivity index (χ0n) is 40.5. The van der Waals surface area contributed by atoms with Gasteiger partial charge in [0.25, 0.3) is 0 Å². The second kappa shape index (κ2) is 23.5. The predicted octanol–water partition coefficient (Wildman–Crippen LogP) is 13.3. The smallest absolute Gasteiger partial charge is 0.460 e. The molecule has 0 fully saturated rings. The molecule has 0 saturated heterocycles. The van der Waals surface area contributed by atoms with Crippen molar-refractivity contribution < 1.29 is 104 Å². The van der Waals surface area contributed by atoms with Crippen molar-refractivity contribution in [3.8, 4) is 11.4 Å². The third-order valence-electron chi connectivity index (χ3n) is 12.7. The number of hydrogen-bond acceptors (Lipinski definition) is 6. The van der Waals surface area contributed by atoms with Crippen molar-refractivity contribution in [3.63, 3.8) is 0 Å². The molecule has 0 aliphatic carbocycles. The van der Waals surface area contributed by atoms with Crippen LogP contribution in [0.4, 0.5) is 30.7 Å². The van der Waals surface area contributed by atoms with Crippen LogP contribution in [0, 0.1) is 49.4 Å². The van der Waals surface area contributed by atoms with E-state index >= 15 is 0 Å². The SMILES string of the molecule is O=C(c1c(O)c2ccc(-n3c4ccccc4c4ccccc43)cc2oc1=O)C(F)(F)C(F)(F)C(F)(F)F.O=P(c1ccccc1)(c1ccccc1)c1ccccc1.O=P(c1ccccc1)(c1ccccc1)c1ccccc1.[Eu]. The van der Waals surface area contributed by atoms with Crippen molar-refractivity contribution in [1.29, 1.82) is 0 Å². The van der Waals surface area contributed by atoms with E-state index in [0.29, 0.717) is 5.69 Å². The molecule has 1 N–H and O–H groups in total. The molecule has 78 heavy (non-hydrogen) atoms. The Morgan fingerprint density at radius 1 is 0.436 bits per heavy atom. The average molecular weight is 1230 g/mol. The number of Topliss-reactive ketones (excluding diaryl/α,β-unsaturated/α-hetero) is 1. The number of carbonyl (C=O) groups is 1. The van der Waals surface area contributed by atoms with Crippen LogP contribution in [0.15, 0.2) is 258 Å². The van der Waals surface area contributed by atoms with Gasteiger partial charge in [0.15, 0.2) is 19.8 Å². The average Bonchev–Trinajstić information content (AvgIpc) is 3.82. The summed E-state index contributed by atoms with van der Waals surface area (Å²) in [6, 6.07) is 76.5. The van der Waals surface area contributed by atoms with Crippen LogP contribution in [0.5, 0.6) is 5.75 Å². The van der Waals surface area contributed by atoms with Crippen LogP contribution in [0.2, 0.25) is 0 Å². The first-order valence-electron chi connectivity index (χ1n) is 23.6. The topological polar surface area (TPSA) is 107 Å². The zero-order chi connectivity index (χ0) is 54.6. The molecule has 0 atom stereocenters. The van der Waals surface area contributed by atoms with Crippen molar-refractivity contribution in [2.24, 2.45) is 0 Å². The number of hydrogen-bond donors (Lipinski definition) is 1. The fourth-order valence-corrected chi connectivity index (χ4v) is 14.3. The van der Waals surface area contributed by atoms with E-state index in [0.717, 1.165) is 59.7 Å². The molecule has 7 nitrogen and oxygen atoms in total. The van der Waals surface area contributed by atoms with E-state index in [-0.39, 0.29) is 49.4 Å². The van der Waals surface area contributed by atoms with Gasteiger partial charge in [0.2, 0.25) is 5.78 Å². The maximum Gasteiger partial charge on any atom is 0.460 e. The first-order valence-corrected chi connectivity index (χ1v) is 27.0. The second-order valence-corrected chi connectivity index (χ2v) is 22.9. The Labute approximate surface area is 482 Å². The molecule has 0 aliphatic heterocycles. The Kier molecular flexibility index (Phi) is 17.3. The summed E-state index contributed by atoms with van der Waals surface area (Å²) >= 11 is 0. The van der Waals surface area contributed by atoms with Crippen molar-refractivity contribution in [2.75, 3.05) is 0 Å². The number of fused-ring (bicyclic) bond motifs is 4. The standard InChI is InChI=1S/C25H12F7NO4.2C18H15OP.Eu/c26-23(27,24(28,29)25(30,31)32)21(35)19-20(34)15-10-9-12(11-18(15)37-22(19)36)33-16-7-3-1-5-13(16)14-6-2-4-8-17(14)33;2*19-20(16-10-4-1-5-11-16,17-12-6-2-7-13-17)18-14-8-3-9-15-18;/h1-11,34H;2*1-15H;. The number of carbonyl (C=O) groups excluding carboxylic acids is 1. The molecule has 0 bridgehead atoms. The fraction of sp³-hybridized carbons (Fsp3) is 0.0492. The molecule has 11 aromatic rings. The number of ketones is 1. The van der Waals surface area contributed by atoms with E-state index in [1.54, 1.807) is 28.8 Å². The number of nitrogens with zero attached hydrogens (tertiary/aromatic N) is 1. The van der Waals surface area contributed by atoms with Crippen LogP contribution in [-0.4, -0.2) is 33.5 Å². The molecular weight excluding hydrogens is 1190 g/mol. The van der Waals surface area contributed by atoms with Crippen LogP contribution < -0.4 is 37.5 Å². The monoisotopic (exact) mass is 1230 g/mol. The molecule has 0 spiro atoms. The number of para-hydroxylation sites is 2. The fourth-order valence-electron chi connectivity index (χ4n) is 8.91. The van der Waals surface area contributed by atoms with Gasteiger partial charge in [-0.1, -0.05) is 218 Å². The van der Waals surface area contributed by atoms with Gasteiger partial charge in [0.1, 0.15) is 11.3 Å².